The van der Waals surface area contributed by atoms with E-state index in [0.717, 1.165) is 22.9 Å². The highest BCUT2D eigenvalue weighted by atomic mass is 16.3. The number of amides is 1. The van der Waals surface area contributed by atoms with Crippen molar-refractivity contribution in [1.82, 2.24) is 10.3 Å². The largest absolute Gasteiger partial charge is 0.508 e. The molecule has 0 spiro atoms. The minimum absolute atomic E-state index is 0.143. The maximum absolute atomic E-state index is 12.8. The van der Waals surface area contributed by atoms with Crippen LogP contribution in [-0.2, 0) is 6.42 Å². The SMILES string of the molecule is CC1(C)Cc2ccc(C#N)cc2C1NC(=O)c1cc2cc(O)ccc2[nH]1. The van der Waals surface area contributed by atoms with Crippen molar-refractivity contribution in [2.24, 2.45) is 5.41 Å². The van der Waals surface area contributed by atoms with Gasteiger partial charge in [0.15, 0.2) is 0 Å². The molecular formula is C21H19N3O2. The molecule has 4 rings (SSSR count). The van der Waals surface area contributed by atoms with Crippen molar-refractivity contribution in [3.05, 3.63) is 64.8 Å². The van der Waals surface area contributed by atoms with E-state index < -0.39 is 0 Å². The van der Waals surface area contributed by atoms with Crippen LogP contribution < -0.4 is 5.32 Å². The lowest BCUT2D eigenvalue weighted by Gasteiger charge is -2.28. The molecule has 1 aliphatic rings. The smallest absolute Gasteiger partial charge is 0.268 e. The van der Waals surface area contributed by atoms with Crippen molar-refractivity contribution in [3.63, 3.8) is 0 Å². The number of aromatic nitrogens is 1. The van der Waals surface area contributed by atoms with Crippen molar-refractivity contribution in [2.75, 3.05) is 0 Å². The molecule has 1 atom stereocenters. The van der Waals surface area contributed by atoms with Crippen LogP contribution >= 0.6 is 0 Å². The Morgan fingerprint density at radius 2 is 2.08 bits per heavy atom. The Morgan fingerprint density at radius 3 is 2.85 bits per heavy atom. The van der Waals surface area contributed by atoms with E-state index in [0.29, 0.717) is 11.3 Å². The predicted molar refractivity (Wildman–Crippen MR) is 98.8 cm³/mol. The van der Waals surface area contributed by atoms with Gasteiger partial charge in [-0.3, -0.25) is 4.79 Å². The van der Waals surface area contributed by atoms with E-state index >= 15 is 0 Å². The number of benzene rings is 2. The molecule has 0 radical (unpaired) electrons. The van der Waals surface area contributed by atoms with Gasteiger partial charge < -0.3 is 15.4 Å². The summed E-state index contributed by atoms with van der Waals surface area (Å²) in [5, 5.41) is 22.7. The average Bonchev–Trinajstić information content (AvgIpc) is 3.12. The number of carbonyl (C=O) groups is 1. The molecule has 1 aliphatic carbocycles. The van der Waals surface area contributed by atoms with Gasteiger partial charge in [0.05, 0.1) is 17.7 Å². The molecule has 3 N–H and O–H groups in total. The zero-order chi connectivity index (χ0) is 18.5. The van der Waals surface area contributed by atoms with Crippen molar-refractivity contribution < 1.29 is 9.90 Å². The summed E-state index contributed by atoms with van der Waals surface area (Å²) in [6.07, 6.45) is 0.847. The van der Waals surface area contributed by atoms with Crippen molar-refractivity contribution in [3.8, 4) is 11.8 Å². The third-order valence-electron chi connectivity index (χ3n) is 5.14. The van der Waals surface area contributed by atoms with Gasteiger partial charge in [-0.2, -0.15) is 5.26 Å². The molecule has 1 heterocycles. The summed E-state index contributed by atoms with van der Waals surface area (Å²) in [5.74, 6) is -0.0349. The van der Waals surface area contributed by atoms with Gasteiger partial charge in [-0.05, 0) is 59.4 Å². The second kappa shape index (κ2) is 5.63. The number of nitriles is 1. The Labute approximate surface area is 151 Å². The third-order valence-corrected chi connectivity index (χ3v) is 5.14. The second-order valence-corrected chi connectivity index (χ2v) is 7.55. The number of phenols is 1. The Balaban J connectivity index is 1.67. The first-order valence-electron chi connectivity index (χ1n) is 8.53. The molecule has 0 aliphatic heterocycles. The fourth-order valence-electron chi connectivity index (χ4n) is 3.83. The molecule has 3 aromatic rings. The first-order valence-corrected chi connectivity index (χ1v) is 8.53. The fraction of sp³-hybridized carbons (Fsp3) is 0.238. The molecule has 1 unspecified atom stereocenters. The van der Waals surface area contributed by atoms with E-state index in [-0.39, 0.29) is 23.1 Å². The predicted octanol–water partition coefficient (Wildman–Crippen LogP) is 3.80. The monoisotopic (exact) mass is 345 g/mol. The number of aromatic hydroxyl groups is 1. The van der Waals surface area contributed by atoms with Crippen molar-refractivity contribution >= 4 is 16.8 Å². The van der Waals surface area contributed by atoms with Crippen LogP contribution in [0.25, 0.3) is 10.9 Å². The highest BCUT2D eigenvalue weighted by molar-refractivity contribution is 5.98. The lowest BCUT2D eigenvalue weighted by molar-refractivity contribution is 0.0899. The molecule has 130 valence electrons. The van der Waals surface area contributed by atoms with Crippen molar-refractivity contribution in [2.45, 2.75) is 26.3 Å². The second-order valence-electron chi connectivity index (χ2n) is 7.55. The summed E-state index contributed by atoms with van der Waals surface area (Å²) in [6, 6.07) is 14.4. The summed E-state index contributed by atoms with van der Waals surface area (Å²) >= 11 is 0. The average molecular weight is 345 g/mol. The Hall–Kier alpha value is -3.26. The van der Waals surface area contributed by atoms with Gasteiger partial charge >= 0.3 is 0 Å². The Morgan fingerprint density at radius 1 is 1.27 bits per heavy atom. The number of fused-ring (bicyclic) bond motifs is 2. The van der Waals surface area contributed by atoms with Crippen LogP contribution in [0.2, 0.25) is 0 Å². The highest BCUT2D eigenvalue weighted by Gasteiger charge is 2.40. The van der Waals surface area contributed by atoms with Gasteiger partial charge in [0.25, 0.3) is 5.91 Å². The van der Waals surface area contributed by atoms with E-state index in [1.165, 1.54) is 5.56 Å². The quantitative estimate of drug-likeness (QED) is 0.660. The van der Waals surface area contributed by atoms with Gasteiger partial charge in [-0.1, -0.05) is 19.9 Å². The van der Waals surface area contributed by atoms with Crippen LogP contribution in [0.5, 0.6) is 5.75 Å². The molecule has 0 bridgehead atoms. The van der Waals surface area contributed by atoms with Crippen LogP contribution in [0.4, 0.5) is 0 Å². The summed E-state index contributed by atoms with van der Waals surface area (Å²) in [4.78, 5) is 15.9. The minimum Gasteiger partial charge on any atom is -0.508 e. The summed E-state index contributed by atoms with van der Waals surface area (Å²) in [7, 11) is 0. The van der Waals surface area contributed by atoms with E-state index in [2.05, 4.69) is 30.2 Å². The minimum atomic E-state index is -0.200. The molecule has 0 saturated heterocycles. The number of carbonyl (C=O) groups excluding carboxylic acids is 1. The number of nitrogens with zero attached hydrogens (tertiary/aromatic N) is 1. The lowest BCUT2D eigenvalue weighted by Crippen LogP contribution is -2.35. The molecule has 1 aromatic heterocycles. The first kappa shape index (κ1) is 16.2. The van der Waals surface area contributed by atoms with E-state index in [9.17, 15) is 15.2 Å². The number of aromatic amines is 1. The maximum atomic E-state index is 12.8. The number of hydrogen-bond donors (Lipinski definition) is 3. The molecule has 1 amide bonds. The number of rotatable bonds is 2. The molecule has 0 fully saturated rings. The molecule has 5 heteroatoms. The normalized spacial score (nSPS) is 17.7. The van der Waals surface area contributed by atoms with Crippen LogP contribution in [-0.4, -0.2) is 16.0 Å². The van der Waals surface area contributed by atoms with Gasteiger partial charge in [0, 0.05) is 10.9 Å². The highest BCUT2D eigenvalue weighted by Crippen LogP contribution is 2.45. The molecule has 0 saturated carbocycles. The van der Waals surface area contributed by atoms with Crippen LogP contribution in [0, 0.1) is 16.7 Å². The molecule has 26 heavy (non-hydrogen) atoms. The Kier molecular flexibility index (Phi) is 3.52. The Bertz CT molecular complexity index is 1070. The summed E-state index contributed by atoms with van der Waals surface area (Å²) < 4.78 is 0. The van der Waals surface area contributed by atoms with Gasteiger partial charge in [-0.25, -0.2) is 0 Å². The van der Waals surface area contributed by atoms with E-state index in [4.69, 9.17) is 0 Å². The van der Waals surface area contributed by atoms with Crippen LogP contribution in [0.1, 0.15) is 47.1 Å². The first-order chi connectivity index (χ1) is 12.4. The van der Waals surface area contributed by atoms with Gasteiger partial charge in [0.2, 0.25) is 0 Å². The number of H-pyrrole nitrogens is 1. The van der Waals surface area contributed by atoms with Crippen LogP contribution in [0.15, 0.2) is 42.5 Å². The van der Waals surface area contributed by atoms with Gasteiger partial charge in [-0.15, -0.1) is 0 Å². The van der Waals surface area contributed by atoms with E-state index in [1.807, 2.05) is 18.2 Å². The summed E-state index contributed by atoms with van der Waals surface area (Å²) in [5.41, 5.74) is 3.88. The number of phenolic OH excluding ortho intramolecular Hbond substituents is 1. The molecule has 2 aromatic carbocycles. The summed E-state index contributed by atoms with van der Waals surface area (Å²) in [6.45, 7) is 4.24. The standard InChI is InChI=1S/C21H19N3O2/c1-21(2)10-13-4-3-12(11-22)7-16(13)19(21)24-20(26)18-9-14-8-15(25)5-6-17(14)23-18/h3-9,19,23,25H,10H2,1-2H3,(H,24,26). The zero-order valence-corrected chi connectivity index (χ0v) is 14.6. The van der Waals surface area contributed by atoms with Gasteiger partial charge in [0.1, 0.15) is 11.4 Å². The molecule has 5 nitrogen and oxygen atoms in total. The zero-order valence-electron chi connectivity index (χ0n) is 14.6. The van der Waals surface area contributed by atoms with Crippen molar-refractivity contribution in [1.29, 1.82) is 5.26 Å². The fourth-order valence-corrected chi connectivity index (χ4v) is 3.83. The molecular weight excluding hydrogens is 326 g/mol. The topological polar surface area (TPSA) is 88.9 Å². The third kappa shape index (κ3) is 2.60. The lowest BCUT2D eigenvalue weighted by atomic mass is 9.85. The van der Waals surface area contributed by atoms with E-state index in [1.54, 1.807) is 24.3 Å². The maximum Gasteiger partial charge on any atom is 0.268 e. The number of hydrogen-bond acceptors (Lipinski definition) is 3. The van der Waals surface area contributed by atoms with Crippen LogP contribution in [0.3, 0.4) is 0 Å². The number of nitrogens with one attached hydrogen (secondary N) is 2.